The fraction of sp³-hybridized carbons (Fsp3) is 0.167. The van der Waals surface area contributed by atoms with E-state index in [2.05, 4.69) is 10.4 Å². The summed E-state index contributed by atoms with van der Waals surface area (Å²) in [6.07, 6.45) is 3.67. The van der Waals surface area contributed by atoms with Crippen LogP contribution in [0.15, 0.2) is 36.7 Å². The van der Waals surface area contributed by atoms with Crippen molar-refractivity contribution in [1.82, 2.24) is 9.78 Å². The molecule has 0 aliphatic heterocycles. The van der Waals surface area contributed by atoms with Crippen LogP contribution in [0, 0.1) is 0 Å². The minimum atomic E-state index is 0.347. The molecule has 2 aromatic rings. The highest BCUT2D eigenvalue weighted by Gasteiger charge is 2.03. The summed E-state index contributed by atoms with van der Waals surface area (Å²) >= 11 is 11.0. The van der Waals surface area contributed by atoms with Gasteiger partial charge in [-0.1, -0.05) is 23.8 Å². The molecule has 0 saturated heterocycles. The summed E-state index contributed by atoms with van der Waals surface area (Å²) in [6, 6.07) is 7.38. The number of anilines is 1. The lowest BCUT2D eigenvalue weighted by atomic mass is 10.2. The summed E-state index contributed by atoms with van der Waals surface area (Å²) in [5.74, 6) is 0. The molecule has 1 aromatic heterocycles. The van der Waals surface area contributed by atoms with Crippen molar-refractivity contribution in [2.45, 2.75) is 6.54 Å². The molecule has 0 fully saturated rings. The van der Waals surface area contributed by atoms with Crippen LogP contribution < -0.4 is 11.1 Å². The summed E-state index contributed by atoms with van der Waals surface area (Å²) in [7, 11) is 0. The van der Waals surface area contributed by atoms with Crippen LogP contribution in [-0.4, -0.2) is 21.3 Å². The average Bonchev–Trinajstić information content (AvgIpc) is 2.84. The lowest BCUT2D eigenvalue weighted by molar-refractivity contribution is 0.638. The van der Waals surface area contributed by atoms with Crippen molar-refractivity contribution in [1.29, 1.82) is 0 Å². The van der Waals surface area contributed by atoms with Crippen LogP contribution >= 0.6 is 23.8 Å². The summed E-state index contributed by atoms with van der Waals surface area (Å²) < 4.78 is 1.85. The molecular formula is C12H13ClN4S. The number of halogens is 1. The molecule has 4 nitrogen and oxygen atoms in total. The molecule has 1 aromatic carbocycles. The highest BCUT2D eigenvalue weighted by molar-refractivity contribution is 7.80. The molecule has 6 heteroatoms. The van der Waals surface area contributed by atoms with Crippen molar-refractivity contribution in [3.8, 4) is 0 Å². The first-order valence-electron chi connectivity index (χ1n) is 5.47. The van der Waals surface area contributed by atoms with Gasteiger partial charge < -0.3 is 11.1 Å². The van der Waals surface area contributed by atoms with Crippen molar-refractivity contribution in [3.63, 3.8) is 0 Å². The van der Waals surface area contributed by atoms with E-state index in [1.165, 1.54) is 0 Å². The molecule has 0 bridgehead atoms. The van der Waals surface area contributed by atoms with Gasteiger partial charge in [0, 0.05) is 24.5 Å². The van der Waals surface area contributed by atoms with Crippen LogP contribution in [0.25, 0.3) is 0 Å². The zero-order valence-electron chi connectivity index (χ0n) is 9.64. The van der Waals surface area contributed by atoms with E-state index in [-0.39, 0.29) is 0 Å². The Kier molecular flexibility index (Phi) is 4.17. The van der Waals surface area contributed by atoms with Gasteiger partial charge in [0.15, 0.2) is 0 Å². The molecule has 0 spiro atoms. The van der Waals surface area contributed by atoms with Crippen LogP contribution in [0.3, 0.4) is 0 Å². The molecule has 2 rings (SSSR count). The molecule has 0 saturated carbocycles. The van der Waals surface area contributed by atoms with Crippen LogP contribution in [-0.2, 0) is 6.54 Å². The van der Waals surface area contributed by atoms with Crippen LogP contribution in [0.5, 0.6) is 0 Å². The van der Waals surface area contributed by atoms with Gasteiger partial charge in [0.25, 0.3) is 0 Å². The minimum Gasteiger partial charge on any atom is -0.389 e. The second-order valence-corrected chi connectivity index (χ2v) is 4.60. The van der Waals surface area contributed by atoms with E-state index >= 15 is 0 Å². The van der Waals surface area contributed by atoms with E-state index in [9.17, 15) is 0 Å². The van der Waals surface area contributed by atoms with Gasteiger partial charge in [-0.15, -0.1) is 0 Å². The van der Waals surface area contributed by atoms with Crippen molar-refractivity contribution in [2.24, 2.45) is 5.73 Å². The van der Waals surface area contributed by atoms with E-state index in [1.807, 2.05) is 29.1 Å². The third-order valence-electron chi connectivity index (χ3n) is 2.47. The smallest absolute Gasteiger partial charge is 0.104 e. The third kappa shape index (κ3) is 3.21. The Morgan fingerprint density at radius 3 is 2.94 bits per heavy atom. The SMILES string of the molecule is NC(=S)c1ccc(NCCn2cccn2)c(Cl)c1. The standard InChI is InChI=1S/C12H13ClN4S/c13-10-8-9(12(14)18)2-3-11(10)15-5-7-17-6-1-4-16-17/h1-4,6,8,15H,5,7H2,(H2,14,18). The van der Waals surface area contributed by atoms with E-state index < -0.39 is 0 Å². The zero-order valence-corrected chi connectivity index (χ0v) is 11.2. The monoisotopic (exact) mass is 280 g/mol. The number of nitrogens with two attached hydrogens (primary N) is 1. The largest absolute Gasteiger partial charge is 0.389 e. The Balaban J connectivity index is 1.95. The van der Waals surface area contributed by atoms with Gasteiger partial charge in [-0.2, -0.15) is 5.10 Å². The van der Waals surface area contributed by atoms with Crippen molar-refractivity contribution in [3.05, 3.63) is 47.2 Å². The van der Waals surface area contributed by atoms with Crippen molar-refractivity contribution >= 4 is 34.5 Å². The van der Waals surface area contributed by atoms with Crippen LogP contribution in [0.1, 0.15) is 5.56 Å². The van der Waals surface area contributed by atoms with Crippen LogP contribution in [0.4, 0.5) is 5.69 Å². The molecule has 3 N–H and O–H groups in total. The molecule has 0 aliphatic carbocycles. The summed E-state index contributed by atoms with van der Waals surface area (Å²) in [5.41, 5.74) is 7.17. The predicted molar refractivity (Wildman–Crippen MR) is 78.1 cm³/mol. The number of benzene rings is 1. The van der Waals surface area contributed by atoms with Crippen LogP contribution in [0.2, 0.25) is 5.02 Å². The van der Waals surface area contributed by atoms with Gasteiger partial charge in [-0.25, -0.2) is 0 Å². The van der Waals surface area contributed by atoms with Gasteiger partial charge in [0.2, 0.25) is 0 Å². The first-order valence-corrected chi connectivity index (χ1v) is 6.26. The van der Waals surface area contributed by atoms with Gasteiger partial charge in [0.1, 0.15) is 4.99 Å². The van der Waals surface area contributed by atoms with E-state index in [1.54, 1.807) is 12.3 Å². The highest BCUT2D eigenvalue weighted by Crippen LogP contribution is 2.22. The number of hydrogen-bond acceptors (Lipinski definition) is 3. The Morgan fingerprint density at radius 1 is 1.50 bits per heavy atom. The number of nitrogens with zero attached hydrogens (tertiary/aromatic N) is 2. The zero-order chi connectivity index (χ0) is 13.0. The minimum absolute atomic E-state index is 0.347. The van der Waals surface area contributed by atoms with Gasteiger partial charge >= 0.3 is 0 Å². The van der Waals surface area contributed by atoms with Crippen molar-refractivity contribution in [2.75, 3.05) is 11.9 Å². The second-order valence-electron chi connectivity index (χ2n) is 3.75. The molecule has 94 valence electrons. The highest BCUT2D eigenvalue weighted by atomic mass is 35.5. The summed E-state index contributed by atoms with van der Waals surface area (Å²) in [4.78, 5) is 0.347. The molecular weight excluding hydrogens is 268 g/mol. The predicted octanol–water partition coefficient (Wildman–Crippen LogP) is 2.28. The lowest BCUT2D eigenvalue weighted by Gasteiger charge is -2.09. The first-order chi connectivity index (χ1) is 8.66. The molecule has 0 atom stereocenters. The number of nitrogens with one attached hydrogen (secondary N) is 1. The Hall–Kier alpha value is -1.59. The maximum absolute atomic E-state index is 6.13. The van der Waals surface area contributed by atoms with Gasteiger partial charge in [-0.3, -0.25) is 4.68 Å². The number of thiocarbonyl (C=S) groups is 1. The van der Waals surface area contributed by atoms with Gasteiger partial charge in [0.05, 0.1) is 17.3 Å². The molecule has 1 heterocycles. The molecule has 0 radical (unpaired) electrons. The number of rotatable bonds is 5. The molecule has 0 unspecified atom stereocenters. The summed E-state index contributed by atoms with van der Waals surface area (Å²) in [6.45, 7) is 1.52. The summed E-state index contributed by atoms with van der Waals surface area (Å²) in [5, 5.41) is 7.97. The lowest BCUT2D eigenvalue weighted by Crippen LogP contribution is -2.12. The topological polar surface area (TPSA) is 55.9 Å². The first kappa shape index (κ1) is 12.9. The maximum atomic E-state index is 6.13. The quantitative estimate of drug-likeness (QED) is 0.825. The number of aromatic nitrogens is 2. The number of hydrogen-bond donors (Lipinski definition) is 2. The van der Waals surface area contributed by atoms with E-state index in [0.29, 0.717) is 10.0 Å². The van der Waals surface area contributed by atoms with Gasteiger partial charge in [-0.05, 0) is 24.3 Å². The molecule has 0 aliphatic rings. The fourth-order valence-electron chi connectivity index (χ4n) is 1.55. The van der Waals surface area contributed by atoms with E-state index in [4.69, 9.17) is 29.6 Å². The maximum Gasteiger partial charge on any atom is 0.104 e. The Bertz CT molecular complexity index is 539. The van der Waals surface area contributed by atoms with Crippen molar-refractivity contribution < 1.29 is 0 Å². The fourth-order valence-corrected chi connectivity index (χ4v) is 1.92. The Morgan fingerprint density at radius 2 is 2.33 bits per heavy atom. The Labute approximate surface area is 116 Å². The third-order valence-corrected chi connectivity index (χ3v) is 3.02. The average molecular weight is 281 g/mol. The normalized spacial score (nSPS) is 10.3. The van der Waals surface area contributed by atoms with E-state index in [0.717, 1.165) is 24.3 Å². The molecule has 18 heavy (non-hydrogen) atoms. The molecule has 0 amide bonds. The second kappa shape index (κ2) is 5.84.